The summed E-state index contributed by atoms with van der Waals surface area (Å²) in [6.45, 7) is 5.79. The van der Waals surface area contributed by atoms with Gasteiger partial charge in [0.25, 0.3) is 0 Å². The number of nitrogens with zero attached hydrogens (tertiary/aromatic N) is 1. The molecule has 0 saturated carbocycles. The first-order valence-corrected chi connectivity index (χ1v) is 6.08. The zero-order valence-corrected chi connectivity index (χ0v) is 10.5. The van der Waals surface area contributed by atoms with Crippen molar-refractivity contribution in [3.63, 3.8) is 0 Å². The predicted octanol–water partition coefficient (Wildman–Crippen LogP) is 2.29. The molecule has 0 radical (unpaired) electrons. The molecule has 1 aliphatic rings. The van der Waals surface area contributed by atoms with Crippen molar-refractivity contribution in [2.75, 3.05) is 13.1 Å². The van der Waals surface area contributed by atoms with Crippen LogP contribution >= 0.6 is 0 Å². The van der Waals surface area contributed by atoms with E-state index in [2.05, 4.69) is 5.32 Å². The van der Waals surface area contributed by atoms with Crippen LogP contribution in [0, 0.1) is 17.5 Å². The van der Waals surface area contributed by atoms with Gasteiger partial charge in [-0.3, -0.25) is 4.90 Å². The van der Waals surface area contributed by atoms with E-state index < -0.39 is 17.5 Å². The number of rotatable bonds is 2. The van der Waals surface area contributed by atoms with Gasteiger partial charge in [-0.1, -0.05) is 0 Å². The number of nitrogens with one attached hydrogen (secondary N) is 1. The highest BCUT2D eigenvalue weighted by molar-refractivity contribution is 5.20. The van der Waals surface area contributed by atoms with Crippen molar-refractivity contribution in [3.8, 4) is 0 Å². The van der Waals surface area contributed by atoms with Crippen molar-refractivity contribution in [1.82, 2.24) is 10.2 Å². The van der Waals surface area contributed by atoms with Gasteiger partial charge in [-0.15, -0.1) is 0 Å². The highest BCUT2D eigenvalue weighted by atomic mass is 19.2. The average molecular weight is 258 g/mol. The van der Waals surface area contributed by atoms with Gasteiger partial charge in [-0.2, -0.15) is 0 Å². The standard InChI is InChI=1S/C13H17F3N2/c1-8-6-18(9(2)5-17-8)7-10-3-11(14)4-12(15)13(10)16/h3-4,8-9,17H,5-7H2,1-2H3/t8-,9+/m1/s1. The van der Waals surface area contributed by atoms with E-state index in [0.29, 0.717) is 12.1 Å². The number of benzene rings is 1. The molecule has 0 bridgehead atoms. The Morgan fingerprint density at radius 1 is 1.28 bits per heavy atom. The van der Waals surface area contributed by atoms with E-state index in [4.69, 9.17) is 0 Å². The smallest absolute Gasteiger partial charge is 0.163 e. The molecule has 1 aromatic rings. The minimum Gasteiger partial charge on any atom is -0.311 e. The molecule has 1 N–H and O–H groups in total. The Morgan fingerprint density at radius 3 is 2.72 bits per heavy atom. The maximum absolute atomic E-state index is 13.6. The molecule has 2 nitrogen and oxygen atoms in total. The van der Waals surface area contributed by atoms with Crippen LogP contribution in [0.4, 0.5) is 13.2 Å². The number of piperazine rings is 1. The van der Waals surface area contributed by atoms with E-state index in [1.54, 1.807) is 0 Å². The number of halogens is 3. The average Bonchev–Trinajstić information content (AvgIpc) is 2.30. The van der Waals surface area contributed by atoms with Crippen LogP contribution in [-0.4, -0.2) is 30.1 Å². The molecule has 1 heterocycles. The monoisotopic (exact) mass is 258 g/mol. The van der Waals surface area contributed by atoms with Gasteiger partial charge >= 0.3 is 0 Å². The molecule has 5 heteroatoms. The molecule has 0 aliphatic carbocycles. The van der Waals surface area contributed by atoms with Crippen LogP contribution in [0.5, 0.6) is 0 Å². The Morgan fingerprint density at radius 2 is 2.00 bits per heavy atom. The first-order valence-electron chi connectivity index (χ1n) is 6.08. The minimum absolute atomic E-state index is 0.0773. The van der Waals surface area contributed by atoms with Gasteiger partial charge < -0.3 is 5.32 Å². The molecule has 18 heavy (non-hydrogen) atoms. The fourth-order valence-corrected chi connectivity index (χ4v) is 2.26. The summed E-state index contributed by atoms with van der Waals surface area (Å²) >= 11 is 0. The van der Waals surface area contributed by atoms with Crippen molar-refractivity contribution in [2.24, 2.45) is 0 Å². The van der Waals surface area contributed by atoms with Crippen molar-refractivity contribution in [2.45, 2.75) is 32.5 Å². The first kappa shape index (κ1) is 13.4. The third kappa shape index (κ3) is 2.84. The van der Waals surface area contributed by atoms with Crippen molar-refractivity contribution < 1.29 is 13.2 Å². The summed E-state index contributed by atoms with van der Waals surface area (Å²) in [7, 11) is 0. The summed E-state index contributed by atoms with van der Waals surface area (Å²) in [6.07, 6.45) is 0. The maximum Gasteiger partial charge on any atom is 0.163 e. The number of hydrogen-bond acceptors (Lipinski definition) is 2. The van der Waals surface area contributed by atoms with Crippen LogP contribution in [-0.2, 0) is 6.54 Å². The Bertz CT molecular complexity index is 436. The second kappa shape index (κ2) is 5.28. The molecule has 0 aromatic heterocycles. The van der Waals surface area contributed by atoms with E-state index in [1.165, 1.54) is 0 Å². The molecule has 1 saturated heterocycles. The third-order valence-corrected chi connectivity index (χ3v) is 3.34. The zero-order valence-electron chi connectivity index (χ0n) is 10.5. The Labute approximate surface area is 105 Å². The van der Waals surface area contributed by atoms with Crippen molar-refractivity contribution in [3.05, 3.63) is 35.1 Å². The molecule has 1 fully saturated rings. The van der Waals surface area contributed by atoms with Gasteiger partial charge in [0.05, 0.1) is 0 Å². The molecule has 1 aliphatic heterocycles. The Kier molecular flexibility index (Phi) is 3.92. The van der Waals surface area contributed by atoms with Crippen LogP contribution in [0.3, 0.4) is 0 Å². The maximum atomic E-state index is 13.6. The van der Waals surface area contributed by atoms with Crippen LogP contribution in [0.15, 0.2) is 12.1 Å². The van der Waals surface area contributed by atoms with Crippen LogP contribution in [0.25, 0.3) is 0 Å². The van der Waals surface area contributed by atoms with Crippen molar-refractivity contribution >= 4 is 0 Å². The van der Waals surface area contributed by atoms with Crippen LogP contribution in [0.1, 0.15) is 19.4 Å². The van der Waals surface area contributed by atoms with E-state index in [9.17, 15) is 13.2 Å². The highest BCUT2D eigenvalue weighted by Crippen LogP contribution is 2.18. The van der Waals surface area contributed by atoms with Gasteiger partial charge in [0, 0.05) is 43.3 Å². The van der Waals surface area contributed by atoms with E-state index >= 15 is 0 Å². The van der Waals surface area contributed by atoms with E-state index in [1.807, 2.05) is 18.7 Å². The molecule has 0 amide bonds. The first-order chi connectivity index (χ1) is 8.47. The zero-order chi connectivity index (χ0) is 13.3. The lowest BCUT2D eigenvalue weighted by Crippen LogP contribution is -2.53. The van der Waals surface area contributed by atoms with Gasteiger partial charge in [0.1, 0.15) is 5.82 Å². The second-order valence-corrected chi connectivity index (χ2v) is 4.95. The summed E-state index contributed by atoms with van der Waals surface area (Å²) in [5, 5.41) is 3.30. The largest absolute Gasteiger partial charge is 0.311 e. The molecule has 1 aromatic carbocycles. The minimum atomic E-state index is -1.12. The molecule has 0 spiro atoms. The molecule has 2 rings (SSSR count). The number of hydrogen-bond donors (Lipinski definition) is 1. The second-order valence-electron chi connectivity index (χ2n) is 4.95. The lowest BCUT2D eigenvalue weighted by Gasteiger charge is -2.37. The summed E-state index contributed by atoms with van der Waals surface area (Å²) in [5.74, 6) is -2.81. The van der Waals surface area contributed by atoms with Gasteiger partial charge in [0.15, 0.2) is 11.6 Å². The van der Waals surface area contributed by atoms with E-state index in [0.717, 1.165) is 19.2 Å². The quantitative estimate of drug-likeness (QED) is 0.819. The fraction of sp³-hybridized carbons (Fsp3) is 0.538. The predicted molar refractivity (Wildman–Crippen MR) is 63.7 cm³/mol. The lowest BCUT2D eigenvalue weighted by molar-refractivity contribution is 0.137. The molecule has 0 unspecified atom stereocenters. The molecular formula is C13H17F3N2. The highest BCUT2D eigenvalue weighted by Gasteiger charge is 2.24. The topological polar surface area (TPSA) is 15.3 Å². The fourth-order valence-electron chi connectivity index (χ4n) is 2.26. The molecular weight excluding hydrogens is 241 g/mol. The van der Waals surface area contributed by atoms with Crippen molar-refractivity contribution in [1.29, 1.82) is 0 Å². The summed E-state index contributed by atoms with van der Waals surface area (Å²) < 4.78 is 39.8. The van der Waals surface area contributed by atoms with Crippen LogP contribution in [0.2, 0.25) is 0 Å². The summed E-state index contributed by atoms with van der Waals surface area (Å²) in [4.78, 5) is 2.03. The van der Waals surface area contributed by atoms with Gasteiger partial charge in [-0.05, 0) is 19.9 Å². The Balaban J connectivity index is 2.18. The van der Waals surface area contributed by atoms with E-state index in [-0.39, 0.29) is 18.2 Å². The SMILES string of the molecule is C[C@@H]1CN(Cc2cc(F)cc(F)c2F)[C@@H](C)CN1. The summed E-state index contributed by atoms with van der Waals surface area (Å²) in [5.41, 5.74) is 0.0773. The Hall–Kier alpha value is -1.07. The summed E-state index contributed by atoms with van der Waals surface area (Å²) in [6, 6.07) is 2.15. The molecule has 100 valence electrons. The normalized spacial score (nSPS) is 25.4. The van der Waals surface area contributed by atoms with Crippen LogP contribution < -0.4 is 5.32 Å². The van der Waals surface area contributed by atoms with Gasteiger partial charge in [-0.25, -0.2) is 13.2 Å². The van der Waals surface area contributed by atoms with Gasteiger partial charge in [0.2, 0.25) is 0 Å². The lowest BCUT2D eigenvalue weighted by atomic mass is 10.1. The third-order valence-electron chi connectivity index (χ3n) is 3.34. The molecule has 2 atom stereocenters.